The number of rotatable bonds is 4. The van der Waals surface area contributed by atoms with Crippen LogP contribution in [0.2, 0.25) is 0 Å². The maximum atomic E-state index is 5.37. The number of nitrogens with one attached hydrogen (secondary N) is 1. The maximum Gasteiger partial charge on any atom is 0.223 e. The lowest BCUT2D eigenvalue weighted by Gasteiger charge is -2.11. The summed E-state index contributed by atoms with van der Waals surface area (Å²) in [4.78, 5) is 8.26. The van der Waals surface area contributed by atoms with Crippen LogP contribution in [0, 0.1) is 19.3 Å². The zero-order chi connectivity index (χ0) is 10.4. The Morgan fingerprint density at radius 1 is 1.50 bits per heavy atom. The number of hydrogen-bond donors (Lipinski definition) is 1. The highest BCUT2D eigenvalue weighted by Crippen LogP contribution is 2.04. The molecule has 1 N–H and O–H groups in total. The molecule has 3 heteroatoms. The van der Waals surface area contributed by atoms with Gasteiger partial charge in [0.25, 0.3) is 0 Å². The van der Waals surface area contributed by atoms with Crippen LogP contribution >= 0.6 is 0 Å². The Kier molecular flexibility index (Phi) is 3.93. The van der Waals surface area contributed by atoms with Crippen molar-refractivity contribution in [3.05, 3.63) is 18.0 Å². The van der Waals surface area contributed by atoms with E-state index < -0.39 is 0 Å². The van der Waals surface area contributed by atoms with E-state index in [1.165, 1.54) is 0 Å². The largest absolute Gasteiger partial charge is 0.341 e. The van der Waals surface area contributed by atoms with Gasteiger partial charge in [-0.15, -0.1) is 6.42 Å². The molecule has 0 fully saturated rings. The van der Waals surface area contributed by atoms with Crippen molar-refractivity contribution < 1.29 is 0 Å². The normalized spacial score (nSPS) is 11.8. The van der Waals surface area contributed by atoms with Crippen LogP contribution in [0.3, 0.4) is 0 Å². The second-order valence-corrected chi connectivity index (χ2v) is 3.24. The highest BCUT2D eigenvalue weighted by Gasteiger charge is 2.04. The molecule has 1 aromatic heterocycles. The summed E-state index contributed by atoms with van der Waals surface area (Å²) >= 11 is 0. The summed E-state index contributed by atoms with van der Waals surface area (Å²) in [5.74, 6) is 3.28. The third-order valence-corrected chi connectivity index (χ3v) is 1.86. The summed E-state index contributed by atoms with van der Waals surface area (Å²) in [6.45, 7) is 4.05. The molecule has 1 atom stereocenters. The van der Waals surface area contributed by atoms with E-state index in [4.69, 9.17) is 6.42 Å². The Balaban J connectivity index is 2.59. The molecular weight excluding hydrogens is 174 g/mol. The van der Waals surface area contributed by atoms with Crippen LogP contribution in [0.4, 0.5) is 5.95 Å². The molecule has 1 rings (SSSR count). The Bertz CT molecular complexity index is 310. The van der Waals surface area contributed by atoms with Gasteiger partial charge in [0, 0.05) is 12.4 Å². The second-order valence-electron chi connectivity index (χ2n) is 3.24. The number of hydrogen-bond acceptors (Lipinski definition) is 3. The predicted molar refractivity (Wildman–Crippen MR) is 57.9 cm³/mol. The fraction of sp³-hybridized carbons (Fsp3) is 0.455. The third kappa shape index (κ3) is 3.06. The van der Waals surface area contributed by atoms with Gasteiger partial charge in [-0.2, -0.15) is 0 Å². The molecule has 0 aliphatic heterocycles. The van der Waals surface area contributed by atoms with Gasteiger partial charge in [0.05, 0.1) is 6.04 Å². The Labute approximate surface area is 85.0 Å². The minimum atomic E-state index is 0.0303. The SMILES string of the molecule is C#CC(CCC)Nc1ncc(C)cn1. The van der Waals surface area contributed by atoms with Crippen molar-refractivity contribution in [2.45, 2.75) is 32.7 Å². The van der Waals surface area contributed by atoms with Crippen molar-refractivity contribution in [2.75, 3.05) is 5.32 Å². The van der Waals surface area contributed by atoms with Gasteiger partial charge in [-0.05, 0) is 18.9 Å². The van der Waals surface area contributed by atoms with Crippen molar-refractivity contribution in [3.63, 3.8) is 0 Å². The summed E-state index contributed by atoms with van der Waals surface area (Å²) in [6.07, 6.45) is 10.9. The average molecular weight is 189 g/mol. The van der Waals surface area contributed by atoms with Crippen LogP contribution in [-0.2, 0) is 0 Å². The molecule has 1 aromatic rings. The topological polar surface area (TPSA) is 37.8 Å². The first kappa shape index (κ1) is 10.5. The second kappa shape index (κ2) is 5.23. The minimum Gasteiger partial charge on any atom is -0.341 e. The molecule has 74 valence electrons. The first-order valence-corrected chi connectivity index (χ1v) is 4.77. The van der Waals surface area contributed by atoms with Gasteiger partial charge in [0.1, 0.15) is 0 Å². The standard InChI is InChI=1S/C11H15N3/c1-4-6-10(5-2)14-11-12-7-9(3)8-13-11/h2,7-8,10H,4,6H2,1,3H3,(H,12,13,14). The van der Waals surface area contributed by atoms with Gasteiger partial charge in [0.2, 0.25) is 5.95 Å². The van der Waals surface area contributed by atoms with Gasteiger partial charge in [-0.1, -0.05) is 19.3 Å². The summed E-state index contributed by atoms with van der Waals surface area (Å²) in [5, 5.41) is 3.10. The van der Waals surface area contributed by atoms with Crippen LogP contribution in [0.25, 0.3) is 0 Å². The van der Waals surface area contributed by atoms with Crippen molar-refractivity contribution in [1.29, 1.82) is 0 Å². The third-order valence-electron chi connectivity index (χ3n) is 1.86. The van der Waals surface area contributed by atoms with Gasteiger partial charge >= 0.3 is 0 Å². The van der Waals surface area contributed by atoms with Gasteiger partial charge < -0.3 is 5.32 Å². The lowest BCUT2D eigenvalue weighted by Crippen LogP contribution is -2.18. The van der Waals surface area contributed by atoms with E-state index in [1.807, 2.05) is 6.92 Å². The summed E-state index contributed by atoms with van der Waals surface area (Å²) < 4.78 is 0. The molecule has 1 unspecified atom stereocenters. The molecule has 0 aliphatic carbocycles. The monoisotopic (exact) mass is 189 g/mol. The summed E-state index contributed by atoms with van der Waals surface area (Å²) in [5.41, 5.74) is 1.04. The molecule has 0 spiro atoms. The number of nitrogens with zero attached hydrogens (tertiary/aromatic N) is 2. The lowest BCUT2D eigenvalue weighted by molar-refractivity contribution is 0.748. The fourth-order valence-electron chi connectivity index (χ4n) is 1.11. The van der Waals surface area contributed by atoms with E-state index in [1.54, 1.807) is 12.4 Å². The Morgan fingerprint density at radius 3 is 2.64 bits per heavy atom. The summed E-state index contributed by atoms with van der Waals surface area (Å²) in [7, 11) is 0. The van der Waals surface area contributed by atoms with Crippen LogP contribution in [-0.4, -0.2) is 16.0 Å². The number of anilines is 1. The molecule has 0 aromatic carbocycles. The minimum absolute atomic E-state index is 0.0303. The molecule has 14 heavy (non-hydrogen) atoms. The van der Waals surface area contributed by atoms with Crippen molar-refractivity contribution in [1.82, 2.24) is 9.97 Å². The highest BCUT2D eigenvalue weighted by molar-refractivity contribution is 5.29. The van der Waals surface area contributed by atoms with Crippen molar-refractivity contribution in [2.24, 2.45) is 0 Å². The van der Waals surface area contributed by atoms with Crippen LogP contribution in [0.15, 0.2) is 12.4 Å². The van der Waals surface area contributed by atoms with E-state index >= 15 is 0 Å². The molecule has 0 saturated heterocycles. The molecule has 0 aliphatic rings. The van der Waals surface area contributed by atoms with Crippen molar-refractivity contribution in [3.8, 4) is 12.3 Å². The van der Waals surface area contributed by atoms with Crippen LogP contribution in [0.5, 0.6) is 0 Å². The van der Waals surface area contributed by atoms with Crippen LogP contribution in [0.1, 0.15) is 25.3 Å². The molecule has 1 heterocycles. The zero-order valence-corrected chi connectivity index (χ0v) is 8.62. The predicted octanol–water partition coefficient (Wildman–Crippen LogP) is 2.00. The number of aromatic nitrogens is 2. The quantitative estimate of drug-likeness (QED) is 0.736. The van der Waals surface area contributed by atoms with Crippen molar-refractivity contribution >= 4 is 5.95 Å². The molecule has 3 nitrogen and oxygen atoms in total. The average Bonchev–Trinajstić information content (AvgIpc) is 2.20. The van der Waals surface area contributed by atoms with E-state index in [2.05, 4.69) is 28.1 Å². The highest BCUT2D eigenvalue weighted by atomic mass is 15.1. The van der Waals surface area contributed by atoms with E-state index in [0.717, 1.165) is 18.4 Å². The first-order valence-electron chi connectivity index (χ1n) is 4.77. The molecule has 0 radical (unpaired) electrons. The van der Waals surface area contributed by atoms with Gasteiger partial charge in [-0.25, -0.2) is 9.97 Å². The fourth-order valence-corrected chi connectivity index (χ4v) is 1.11. The Morgan fingerprint density at radius 2 is 2.14 bits per heavy atom. The van der Waals surface area contributed by atoms with E-state index in [0.29, 0.717) is 5.95 Å². The first-order chi connectivity index (χ1) is 6.76. The number of aryl methyl sites for hydroxylation is 1. The van der Waals surface area contributed by atoms with Crippen LogP contribution < -0.4 is 5.32 Å². The summed E-state index contributed by atoms with van der Waals surface area (Å²) in [6, 6.07) is 0.0303. The van der Waals surface area contributed by atoms with Gasteiger partial charge in [0.15, 0.2) is 0 Å². The smallest absolute Gasteiger partial charge is 0.223 e. The Hall–Kier alpha value is -1.56. The van der Waals surface area contributed by atoms with E-state index in [9.17, 15) is 0 Å². The molecule has 0 saturated carbocycles. The number of terminal acetylenes is 1. The van der Waals surface area contributed by atoms with Gasteiger partial charge in [-0.3, -0.25) is 0 Å². The lowest BCUT2D eigenvalue weighted by atomic mass is 10.2. The molecule has 0 bridgehead atoms. The van der Waals surface area contributed by atoms with E-state index in [-0.39, 0.29) is 6.04 Å². The maximum absolute atomic E-state index is 5.37. The molecular formula is C11H15N3. The zero-order valence-electron chi connectivity index (χ0n) is 8.62. The molecule has 0 amide bonds.